The molecule has 0 radical (unpaired) electrons. The standard InChI is InChI=1S/C12H12ClN3O2S/c1-8-15-10(7-19-8)6-14-5-9-2-3-11(13)12(4-9)16(17)18/h2-4,7,14H,5-6H2,1H3. The number of halogens is 1. The van der Waals surface area contributed by atoms with Gasteiger partial charge in [-0.1, -0.05) is 17.7 Å². The summed E-state index contributed by atoms with van der Waals surface area (Å²) >= 11 is 7.35. The fourth-order valence-corrected chi connectivity index (χ4v) is 2.43. The first-order valence-electron chi connectivity index (χ1n) is 5.61. The molecule has 0 unspecified atom stereocenters. The number of benzene rings is 1. The lowest BCUT2D eigenvalue weighted by atomic mass is 10.2. The summed E-state index contributed by atoms with van der Waals surface area (Å²) in [6.45, 7) is 3.13. The molecule has 2 rings (SSSR count). The van der Waals surface area contributed by atoms with E-state index in [1.54, 1.807) is 23.5 Å². The molecule has 1 aromatic heterocycles. The zero-order chi connectivity index (χ0) is 13.8. The van der Waals surface area contributed by atoms with E-state index in [1.165, 1.54) is 6.07 Å². The number of thiazole rings is 1. The van der Waals surface area contributed by atoms with Crippen LogP contribution in [0.1, 0.15) is 16.3 Å². The first-order chi connectivity index (χ1) is 9.06. The van der Waals surface area contributed by atoms with Crippen molar-refractivity contribution in [1.29, 1.82) is 0 Å². The summed E-state index contributed by atoms with van der Waals surface area (Å²) in [7, 11) is 0. The largest absolute Gasteiger partial charge is 0.307 e. The Hall–Kier alpha value is -1.50. The minimum Gasteiger partial charge on any atom is -0.307 e. The molecular formula is C12H12ClN3O2S. The van der Waals surface area contributed by atoms with Crippen LogP contribution in [0.3, 0.4) is 0 Å². The first-order valence-corrected chi connectivity index (χ1v) is 6.86. The van der Waals surface area contributed by atoms with E-state index in [-0.39, 0.29) is 10.7 Å². The zero-order valence-corrected chi connectivity index (χ0v) is 11.8. The number of aromatic nitrogens is 1. The first kappa shape index (κ1) is 13.9. The Kier molecular flexibility index (Phi) is 4.47. The minimum absolute atomic E-state index is 0.0644. The number of rotatable bonds is 5. The predicted octanol–water partition coefficient (Wildman–Crippen LogP) is 3.30. The quantitative estimate of drug-likeness (QED) is 0.679. The Morgan fingerprint density at radius 2 is 2.26 bits per heavy atom. The van der Waals surface area contributed by atoms with Crippen LogP contribution >= 0.6 is 22.9 Å². The number of hydrogen-bond donors (Lipinski definition) is 1. The van der Waals surface area contributed by atoms with E-state index < -0.39 is 4.92 Å². The zero-order valence-electron chi connectivity index (χ0n) is 10.2. The second-order valence-electron chi connectivity index (χ2n) is 4.00. The van der Waals surface area contributed by atoms with Gasteiger partial charge in [-0.2, -0.15) is 0 Å². The Bertz CT molecular complexity index is 600. The van der Waals surface area contributed by atoms with Gasteiger partial charge < -0.3 is 5.32 Å². The van der Waals surface area contributed by atoms with Crippen LogP contribution < -0.4 is 5.32 Å². The maximum atomic E-state index is 10.8. The van der Waals surface area contributed by atoms with E-state index in [0.29, 0.717) is 13.1 Å². The summed E-state index contributed by atoms with van der Waals surface area (Å²) in [5, 5.41) is 17.1. The van der Waals surface area contributed by atoms with Gasteiger partial charge >= 0.3 is 0 Å². The fourth-order valence-electron chi connectivity index (χ4n) is 1.63. The van der Waals surface area contributed by atoms with Crippen molar-refractivity contribution >= 4 is 28.6 Å². The predicted molar refractivity (Wildman–Crippen MR) is 75.5 cm³/mol. The normalized spacial score (nSPS) is 10.6. The van der Waals surface area contributed by atoms with Crippen molar-refractivity contribution in [3.05, 3.63) is 55.0 Å². The van der Waals surface area contributed by atoms with Gasteiger partial charge in [-0.25, -0.2) is 4.98 Å². The number of nitrogens with one attached hydrogen (secondary N) is 1. The third-order valence-electron chi connectivity index (χ3n) is 2.51. The van der Waals surface area contributed by atoms with Crippen molar-refractivity contribution < 1.29 is 4.92 Å². The average Bonchev–Trinajstić information content (AvgIpc) is 2.77. The number of nitrogens with zero attached hydrogens (tertiary/aromatic N) is 2. The molecule has 0 amide bonds. The van der Waals surface area contributed by atoms with Crippen molar-refractivity contribution in [3.8, 4) is 0 Å². The molecule has 0 saturated heterocycles. The smallest absolute Gasteiger partial charge is 0.288 e. The second-order valence-corrected chi connectivity index (χ2v) is 5.47. The number of aryl methyl sites for hydroxylation is 1. The van der Waals surface area contributed by atoms with E-state index >= 15 is 0 Å². The van der Waals surface area contributed by atoms with Gasteiger partial charge in [0, 0.05) is 24.5 Å². The Morgan fingerprint density at radius 1 is 1.47 bits per heavy atom. The number of hydrogen-bond acceptors (Lipinski definition) is 5. The van der Waals surface area contributed by atoms with Crippen LogP contribution in [0.2, 0.25) is 5.02 Å². The lowest BCUT2D eigenvalue weighted by molar-refractivity contribution is -0.384. The molecule has 19 heavy (non-hydrogen) atoms. The van der Waals surface area contributed by atoms with Crippen LogP contribution in [0.25, 0.3) is 0 Å². The molecule has 1 aromatic carbocycles. The maximum Gasteiger partial charge on any atom is 0.288 e. The van der Waals surface area contributed by atoms with E-state index in [0.717, 1.165) is 16.3 Å². The van der Waals surface area contributed by atoms with Crippen molar-refractivity contribution in [2.75, 3.05) is 0 Å². The van der Waals surface area contributed by atoms with Gasteiger partial charge in [0.2, 0.25) is 0 Å². The molecule has 0 spiro atoms. The van der Waals surface area contributed by atoms with Gasteiger partial charge in [0.25, 0.3) is 5.69 Å². The Labute approximate surface area is 119 Å². The fraction of sp³-hybridized carbons (Fsp3) is 0.250. The van der Waals surface area contributed by atoms with Crippen molar-refractivity contribution in [1.82, 2.24) is 10.3 Å². The molecule has 7 heteroatoms. The molecule has 2 aromatic rings. The van der Waals surface area contributed by atoms with Gasteiger partial charge in [-0.15, -0.1) is 11.3 Å². The summed E-state index contributed by atoms with van der Waals surface area (Å²) in [6.07, 6.45) is 0. The molecule has 0 fully saturated rings. The molecule has 5 nitrogen and oxygen atoms in total. The highest BCUT2D eigenvalue weighted by Gasteiger charge is 2.12. The summed E-state index contributed by atoms with van der Waals surface area (Å²) in [6, 6.07) is 4.81. The van der Waals surface area contributed by atoms with Crippen LogP contribution in [0.4, 0.5) is 5.69 Å². The van der Waals surface area contributed by atoms with Crippen LogP contribution in [-0.2, 0) is 13.1 Å². The van der Waals surface area contributed by atoms with E-state index in [4.69, 9.17) is 11.6 Å². The lowest BCUT2D eigenvalue weighted by Crippen LogP contribution is -2.13. The van der Waals surface area contributed by atoms with Gasteiger partial charge in [0.1, 0.15) is 5.02 Å². The summed E-state index contributed by atoms with van der Waals surface area (Å²) in [5.41, 5.74) is 1.74. The SMILES string of the molecule is Cc1nc(CNCc2ccc(Cl)c([N+](=O)[O-])c2)cs1. The summed E-state index contributed by atoms with van der Waals surface area (Å²) < 4.78 is 0. The summed E-state index contributed by atoms with van der Waals surface area (Å²) in [5.74, 6) is 0. The van der Waals surface area contributed by atoms with Crippen LogP contribution in [0, 0.1) is 17.0 Å². The van der Waals surface area contributed by atoms with Crippen LogP contribution in [0.5, 0.6) is 0 Å². The van der Waals surface area contributed by atoms with E-state index in [9.17, 15) is 10.1 Å². The highest BCUT2D eigenvalue weighted by Crippen LogP contribution is 2.24. The van der Waals surface area contributed by atoms with Crippen LogP contribution in [0.15, 0.2) is 23.6 Å². The molecule has 0 bridgehead atoms. The Balaban J connectivity index is 1.96. The van der Waals surface area contributed by atoms with Crippen molar-refractivity contribution in [3.63, 3.8) is 0 Å². The molecule has 1 N–H and O–H groups in total. The molecule has 100 valence electrons. The van der Waals surface area contributed by atoms with E-state index in [2.05, 4.69) is 10.3 Å². The highest BCUT2D eigenvalue weighted by molar-refractivity contribution is 7.09. The molecular weight excluding hydrogens is 286 g/mol. The van der Waals surface area contributed by atoms with Gasteiger partial charge in [-0.3, -0.25) is 10.1 Å². The van der Waals surface area contributed by atoms with Gasteiger partial charge in [-0.05, 0) is 18.6 Å². The molecule has 0 aliphatic carbocycles. The Morgan fingerprint density at radius 3 is 2.89 bits per heavy atom. The molecule has 0 aliphatic heterocycles. The lowest BCUT2D eigenvalue weighted by Gasteiger charge is -2.04. The van der Waals surface area contributed by atoms with Gasteiger partial charge in [0.05, 0.1) is 15.6 Å². The molecule has 0 saturated carbocycles. The van der Waals surface area contributed by atoms with Gasteiger partial charge in [0.15, 0.2) is 0 Å². The maximum absolute atomic E-state index is 10.8. The molecule has 0 aliphatic rings. The third-order valence-corrected chi connectivity index (χ3v) is 3.65. The minimum atomic E-state index is -0.477. The van der Waals surface area contributed by atoms with Crippen molar-refractivity contribution in [2.24, 2.45) is 0 Å². The number of nitro groups is 1. The summed E-state index contributed by atoms with van der Waals surface area (Å²) in [4.78, 5) is 14.6. The van der Waals surface area contributed by atoms with Crippen LogP contribution in [-0.4, -0.2) is 9.91 Å². The van der Waals surface area contributed by atoms with Crippen molar-refractivity contribution in [2.45, 2.75) is 20.0 Å². The monoisotopic (exact) mass is 297 g/mol. The number of nitro benzene ring substituents is 1. The highest BCUT2D eigenvalue weighted by atomic mass is 35.5. The third kappa shape index (κ3) is 3.73. The average molecular weight is 298 g/mol. The van der Waals surface area contributed by atoms with E-state index in [1.807, 2.05) is 12.3 Å². The topological polar surface area (TPSA) is 68.1 Å². The second kappa shape index (κ2) is 6.10. The molecule has 0 atom stereocenters. The molecule has 1 heterocycles.